The van der Waals surface area contributed by atoms with Gasteiger partial charge >= 0.3 is 5.97 Å². The molecule has 142 valence electrons. The van der Waals surface area contributed by atoms with Gasteiger partial charge in [0.2, 0.25) is 0 Å². The van der Waals surface area contributed by atoms with Crippen LogP contribution in [0.5, 0.6) is 11.5 Å². The minimum absolute atomic E-state index is 0. The number of rotatable bonds is 9. The Hall–Kier alpha value is -2.24. The van der Waals surface area contributed by atoms with Gasteiger partial charge in [0.25, 0.3) is 0 Å². The van der Waals surface area contributed by atoms with Crippen LogP contribution in [0.3, 0.4) is 0 Å². The van der Waals surface area contributed by atoms with Crippen LogP contribution in [0.15, 0.2) is 48.5 Å². The number of benzene rings is 2. The molecule has 1 atom stereocenters. The molecular weight excluding hydrogens is 354 g/mol. The van der Waals surface area contributed by atoms with Crippen molar-refractivity contribution in [3.05, 3.63) is 59.7 Å². The topological polar surface area (TPSA) is 70.8 Å². The van der Waals surface area contributed by atoms with E-state index in [1.807, 2.05) is 55.5 Å². The van der Waals surface area contributed by atoms with Gasteiger partial charge in [-0.1, -0.05) is 36.4 Å². The third-order valence-corrected chi connectivity index (χ3v) is 3.62. The van der Waals surface area contributed by atoms with Gasteiger partial charge in [-0.3, -0.25) is 4.79 Å². The highest BCUT2D eigenvalue weighted by Gasteiger charge is 2.15. The van der Waals surface area contributed by atoms with E-state index >= 15 is 0 Å². The second-order valence-electron chi connectivity index (χ2n) is 5.53. The second kappa shape index (κ2) is 11.4. The Morgan fingerprint density at radius 3 is 2.38 bits per heavy atom. The average molecular weight is 380 g/mol. The lowest BCUT2D eigenvalue weighted by Gasteiger charge is -2.16. The molecule has 2 rings (SSSR count). The predicted octanol–water partition coefficient (Wildman–Crippen LogP) is 4.04. The number of ether oxygens (including phenoxy) is 3. The molecule has 0 saturated carbocycles. The molecule has 0 radical (unpaired) electrons. The number of carbonyl (C=O) groups excluding carboxylic acids is 1. The number of hydrogen-bond acceptors (Lipinski definition) is 5. The normalized spacial score (nSPS) is 11.2. The Morgan fingerprint density at radius 2 is 1.73 bits per heavy atom. The smallest absolute Gasteiger partial charge is 0.307 e. The molecule has 2 aromatic carbocycles. The standard InChI is InChI=1S/C20H25NO4.ClH/c1-3-23-19-12-16(17(21)13-20(22)24-4-2)10-11-18(19)25-14-15-8-6-5-7-9-15;/h5-12,17H,3-4,13-14,21H2,1-2H3;1H/t17-;/m0./s1. The minimum Gasteiger partial charge on any atom is -0.490 e. The fraction of sp³-hybridized carbons (Fsp3) is 0.350. The molecule has 0 aliphatic carbocycles. The lowest BCUT2D eigenvalue weighted by Crippen LogP contribution is -2.17. The Kier molecular flexibility index (Phi) is 9.55. The molecule has 26 heavy (non-hydrogen) atoms. The van der Waals surface area contributed by atoms with Crippen molar-refractivity contribution in [3.8, 4) is 11.5 Å². The van der Waals surface area contributed by atoms with Crippen molar-refractivity contribution in [2.45, 2.75) is 32.9 Å². The molecule has 0 heterocycles. The molecule has 2 N–H and O–H groups in total. The summed E-state index contributed by atoms with van der Waals surface area (Å²) in [6, 6.07) is 15.0. The SMILES string of the molecule is CCOC(=O)C[C@H](N)c1ccc(OCc2ccccc2)c(OCC)c1.Cl. The summed E-state index contributed by atoms with van der Waals surface area (Å²) in [5.41, 5.74) is 7.99. The van der Waals surface area contributed by atoms with Crippen LogP contribution < -0.4 is 15.2 Å². The first-order chi connectivity index (χ1) is 12.1. The molecule has 0 unspecified atom stereocenters. The summed E-state index contributed by atoms with van der Waals surface area (Å²) >= 11 is 0. The Labute approximate surface area is 160 Å². The first-order valence-corrected chi connectivity index (χ1v) is 8.48. The largest absolute Gasteiger partial charge is 0.490 e. The van der Waals surface area contributed by atoms with Crippen LogP contribution in [0.25, 0.3) is 0 Å². The molecule has 6 heteroatoms. The first-order valence-electron chi connectivity index (χ1n) is 8.48. The summed E-state index contributed by atoms with van der Waals surface area (Å²) in [5, 5.41) is 0. The summed E-state index contributed by atoms with van der Waals surface area (Å²) in [5.74, 6) is 0.963. The van der Waals surface area contributed by atoms with Crippen molar-refractivity contribution in [1.82, 2.24) is 0 Å². The van der Waals surface area contributed by atoms with Crippen LogP contribution in [0, 0.1) is 0 Å². The van der Waals surface area contributed by atoms with E-state index in [1.54, 1.807) is 6.92 Å². The van der Waals surface area contributed by atoms with E-state index in [-0.39, 0.29) is 24.8 Å². The Balaban J connectivity index is 0.00000338. The maximum Gasteiger partial charge on any atom is 0.307 e. The molecule has 0 aliphatic heterocycles. The Bertz CT molecular complexity index is 679. The van der Waals surface area contributed by atoms with Gasteiger partial charge in [0.15, 0.2) is 11.5 Å². The van der Waals surface area contributed by atoms with Crippen molar-refractivity contribution in [1.29, 1.82) is 0 Å². The zero-order valence-electron chi connectivity index (χ0n) is 15.1. The third kappa shape index (κ3) is 6.58. The van der Waals surface area contributed by atoms with Crippen molar-refractivity contribution >= 4 is 18.4 Å². The van der Waals surface area contributed by atoms with Crippen LogP contribution >= 0.6 is 12.4 Å². The summed E-state index contributed by atoms with van der Waals surface area (Å²) in [7, 11) is 0. The minimum atomic E-state index is -0.443. The van der Waals surface area contributed by atoms with E-state index in [9.17, 15) is 4.79 Å². The summed E-state index contributed by atoms with van der Waals surface area (Å²) in [6.45, 7) is 5.00. The maximum absolute atomic E-state index is 11.6. The van der Waals surface area contributed by atoms with Gasteiger partial charge < -0.3 is 19.9 Å². The lowest BCUT2D eigenvalue weighted by molar-refractivity contribution is -0.143. The molecule has 5 nitrogen and oxygen atoms in total. The van der Waals surface area contributed by atoms with Crippen molar-refractivity contribution in [2.24, 2.45) is 5.73 Å². The predicted molar refractivity (Wildman–Crippen MR) is 104 cm³/mol. The van der Waals surface area contributed by atoms with Crippen LogP contribution in [-0.2, 0) is 16.1 Å². The van der Waals surface area contributed by atoms with E-state index in [1.165, 1.54) is 0 Å². The summed E-state index contributed by atoms with van der Waals surface area (Å²) in [6.07, 6.45) is 0.129. The number of nitrogens with two attached hydrogens (primary N) is 1. The van der Waals surface area contributed by atoms with Crippen molar-refractivity contribution in [2.75, 3.05) is 13.2 Å². The molecule has 0 fully saturated rings. The van der Waals surface area contributed by atoms with Gasteiger partial charge in [-0.2, -0.15) is 0 Å². The zero-order valence-corrected chi connectivity index (χ0v) is 16.0. The van der Waals surface area contributed by atoms with E-state index in [0.29, 0.717) is 31.3 Å². The maximum atomic E-state index is 11.6. The van der Waals surface area contributed by atoms with E-state index in [0.717, 1.165) is 11.1 Å². The number of hydrogen-bond donors (Lipinski definition) is 1. The summed E-state index contributed by atoms with van der Waals surface area (Å²) < 4.78 is 16.5. The highest BCUT2D eigenvalue weighted by atomic mass is 35.5. The molecule has 0 aromatic heterocycles. The fourth-order valence-corrected chi connectivity index (χ4v) is 2.40. The number of carbonyl (C=O) groups is 1. The van der Waals surface area contributed by atoms with E-state index < -0.39 is 6.04 Å². The second-order valence-corrected chi connectivity index (χ2v) is 5.53. The van der Waals surface area contributed by atoms with E-state index in [4.69, 9.17) is 19.9 Å². The first kappa shape index (κ1) is 21.8. The fourth-order valence-electron chi connectivity index (χ4n) is 2.40. The molecule has 2 aromatic rings. The average Bonchev–Trinajstić information content (AvgIpc) is 2.62. The molecule has 0 amide bonds. The van der Waals surface area contributed by atoms with Gasteiger partial charge in [-0.25, -0.2) is 0 Å². The quantitative estimate of drug-likeness (QED) is 0.666. The van der Waals surface area contributed by atoms with Crippen LogP contribution in [0.1, 0.15) is 37.4 Å². The Morgan fingerprint density at radius 1 is 1.00 bits per heavy atom. The summed E-state index contributed by atoms with van der Waals surface area (Å²) in [4.78, 5) is 11.6. The molecule has 0 aliphatic rings. The molecule has 0 saturated heterocycles. The molecular formula is C20H26ClNO4. The van der Waals surface area contributed by atoms with Gasteiger partial charge in [-0.15, -0.1) is 12.4 Å². The number of esters is 1. The van der Waals surface area contributed by atoms with Crippen molar-refractivity contribution in [3.63, 3.8) is 0 Å². The highest BCUT2D eigenvalue weighted by Crippen LogP contribution is 2.31. The van der Waals surface area contributed by atoms with Gasteiger partial charge in [0.05, 0.1) is 19.6 Å². The zero-order chi connectivity index (χ0) is 18.1. The van der Waals surface area contributed by atoms with Crippen LogP contribution in [0.4, 0.5) is 0 Å². The molecule has 0 bridgehead atoms. The number of halogens is 1. The van der Waals surface area contributed by atoms with E-state index in [2.05, 4.69) is 0 Å². The highest BCUT2D eigenvalue weighted by molar-refractivity contribution is 5.85. The van der Waals surface area contributed by atoms with Gasteiger partial charge in [0.1, 0.15) is 6.61 Å². The third-order valence-electron chi connectivity index (χ3n) is 3.62. The molecule has 0 spiro atoms. The van der Waals surface area contributed by atoms with Gasteiger partial charge in [-0.05, 0) is 37.1 Å². The van der Waals surface area contributed by atoms with Crippen LogP contribution in [0.2, 0.25) is 0 Å². The monoisotopic (exact) mass is 379 g/mol. The lowest BCUT2D eigenvalue weighted by atomic mass is 10.0. The van der Waals surface area contributed by atoms with Crippen molar-refractivity contribution < 1.29 is 19.0 Å². The van der Waals surface area contributed by atoms with Gasteiger partial charge in [0, 0.05) is 6.04 Å². The van der Waals surface area contributed by atoms with Crippen LogP contribution in [-0.4, -0.2) is 19.2 Å².